The van der Waals surface area contributed by atoms with Gasteiger partial charge < -0.3 is 9.42 Å². The van der Waals surface area contributed by atoms with Crippen molar-refractivity contribution in [3.63, 3.8) is 0 Å². The number of aromatic nitrogens is 4. The first kappa shape index (κ1) is 20.1. The molecule has 1 fully saturated rings. The van der Waals surface area contributed by atoms with Gasteiger partial charge in [-0.25, -0.2) is 9.97 Å². The highest BCUT2D eigenvalue weighted by Gasteiger charge is 2.50. The molecule has 3 aromatic heterocycles. The minimum Gasteiger partial charge on any atom is -0.361 e. The summed E-state index contributed by atoms with van der Waals surface area (Å²) in [6.45, 7) is 6.87. The van der Waals surface area contributed by atoms with Crippen molar-refractivity contribution in [1.82, 2.24) is 20.1 Å². The standard InChI is InChI=1S/C28H29N5O/c1-17-22-10-9-21-25(28(22,2)15-18-16-30-34-24(17)18)31-26(32-27(21)33-13-5-6-14-33)20-11-12-29-23-8-4-3-7-19(20)23/h3-4,7-8,11-12,16-17,22H,5-6,9-10,13-15H2,1-2H3/t17-,22-,28-/m1/s1. The molecule has 172 valence electrons. The van der Waals surface area contributed by atoms with Gasteiger partial charge in [0.05, 0.1) is 17.4 Å². The predicted octanol–water partition coefficient (Wildman–Crippen LogP) is 5.46. The number of benzene rings is 1. The van der Waals surface area contributed by atoms with E-state index in [1.807, 2.05) is 18.5 Å². The summed E-state index contributed by atoms with van der Waals surface area (Å²) >= 11 is 0. The molecule has 0 N–H and O–H groups in total. The first-order valence-electron chi connectivity index (χ1n) is 12.6. The summed E-state index contributed by atoms with van der Waals surface area (Å²) in [6, 6.07) is 10.4. The summed E-state index contributed by atoms with van der Waals surface area (Å²) in [6.07, 6.45) is 9.33. The third-order valence-electron chi connectivity index (χ3n) is 8.60. The number of para-hydroxylation sites is 1. The van der Waals surface area contributed by atoms with Gasteiger partial charge in [0.1, 0.15) is 11.6 Å². The molecule has 0 saturated carbocycles. The lowest BCUT2D eigenvalue weighted by Gasteiger charge is -2.48. The zero-order valence-corrected chi connectivity index (χ0v) is 19.8. The van der Waals surface area contributed by atoms with Crippen LogP contribution in [0.4, 0.5) is 5.82 Å². The zero-order valence-electron chi connectivity index (χ0n) is 19.8. The Morgan fingerprint density at radius 2 is 1.94 bits per heavy atom. The average Bonchev–Trinajstić information content (AvgIpc) is 3.55. The molecule has 1 aromatic carbocycles. The highest BCUT2D eigenvalue weighted by atomic mass is 16.5. The van der Waals surface area contributed by atoms with E-state index < -0.39 is 0 Å². The van der Waals surface area contributed by atoms with E-state index in [2.05, 4.69) is 53.2 Å². The van der Waals surface area contributed by atoms with Crippen LogP contribution in [0, 0.1) is 5.92 Å². The van der Waals surface area contributed by atoms with Crippen LogP contribution in [0.15, 0.2) is 47.2 Å². The van der Waals surface area contributed by atoms with E-state index >= 15 is 0 Å². The molecule has 0 spiro atoms. The number of rotatable bonds is 2. The Hall–Kier alpha value is -3.28. The van der Waals surface area contributed by atoms with Crippen molar-refractivity contribution in [3.8, 4) is 11.4 Å². The third-order valence-corrected chi connectivity index (χ3v) is 8.60. The van der Waals surface area contributed by atoms with Crippen LogP contribution in [-0.4, -0.2) is 33.2 Å². The number of pyridine rings is 1. The Bertz CT molecular complexity index is 1400. The number of hydrogen-bond acceptors (Lipinski definition) is 6. The Morgan fingerprint density at radius 3 is 2.82 bits per heavy atom. The van der Waals surface area contributed by atoms with Gasteiger partial charge in [-0.1, -0.05) is 37.2 Å². The average molecular weight is 452 g/mol. The fourth-order valence-electron chi connectivity index (χ4n) is 6.94. The molecule has 3 atom stereocenters. The Morgan fingerprint density at radius 1 is 1.09 bits per heavy atom. The lowest BCUT2D eigenvalue weighted by Crippen LogP contribution is -2.45. The van der Waals surface area contributed by atoms with Crippen LogP contribution >= 0.6 is 0 Å². The van der Waals surface area contributed by atoms with Gasteiger partial charge in [0, 0.05) is 52.7 Å². The molecule has 3 aliphatic rings. The van der Waals surface area contributed by atoms with E-state index in [9.17, 15) is 0 Å². The van der Waals surface area contributed by atoms with Gasteiger partial charge >= 0.3 is 0 Å². The third kappa shape index (κ3) is 2.80. The van der Waals surface area contributed by atoms with Gasteiger partial charge in [-0.15, -0.1) is 0 Å². The topological polar surface area (TPSA) is 67.9 Å². The maximum absolute atomic E-state index is 5.70. The normalized spacial score (nSPS) is 25.8. The van der Waals surface area contributed by atoms with Gasteiger partial charge in [-0.05, 0) is 50.2 Å². The number of fused-ring (bicyclic) bond motifs is 5. The first-order valence-corrected chi connectivity index (χ1v) is 12.6. The molecule has 34 heavy (non-hydrogen) atoms. The summed E-state index contributed by atoms with van der Waals surface area (Å²) in [7, 11) is 0. The quantitative estimate of drug-likeness (QED) is 0.403. The molecule has 1 aliphatic heterocycles. The van der Waals surface area contributed by atoms with Crippen molar-refractivity contribution in [2.45, 2.75) is 57.3 Å². The fourth-order valence-corrected chi connectivity index (χ4v) is 6.94. The summed E-state index contributed by atoms with van der Waals surface area (Å²) in [4.78, 5) is 17.7. The molecule has 0 bridgehead atoms. The van der Waals surface area contributed by atoms with Crippen molar-refractivity contribution in [2.75, 3.05) is 18.0 Å². The lowest BCUT2D eigenvalue weighted by molar-refractivity contribution is 0.172. The fraction of sp³-hybridized carbons (Fsp3) is 0.429. The number of hydrogen-bond donors (Lipinski definition) is 0. The molecular formula is C28H29N5O. The second kappa shape index (κ2) is 7.36. The van der Waals surface area contributed by atoms with Crippen LogP contribution < -0.4 is 4.90 Å². The molecule has 1 saturated heterocycles. The van der Waals surface area contributed by atoms with E-state index in [-0.39, 0.29) is 5.41 Å². The summed E-state index contributed by atoms with van der Waals surface area (Å²) in [5.41, 5.74) is 5.80. The second-order valence-electron chi connectivity index (χ2n) is 10.5. The maximum atomic E-state index is 5.70. The Balaban J connectivity index is 1.48. The van der Waals surface area contributed by atoms with Gasteiger partial charge in [0.25, 0.3) is 0 Å². The highest BCUT2D eigenvalue weighted by molar-refractivity contribution is 5.92. The molecule has 0 amide bonds. The zero-order chi connectivity index (χ0) is 22.9. The van der Waals surface area contributed by atoms with Crippen molar-refractivity contribution in [2.24, 2.45) is 5.92 Å². The minimum absolute atomic E-state index is 0.0689. The molecule has 4 heterocycles. The van der Waals surface area contributed by atoms with Crippen LogP contribution in [0.1, 0.15) is 61.6 Å². The van der Waals surface area contributed by atoms with Crippen LogP contribution in [0.25, 0.3) is 22.3 Å². The Labute approximate surface area is 199 Å². The van der Waals surface area contributed by atoms with Crippen LogP contribution in [0.2, 0.25) is 0 Å². The molecule has 6 nitrogen and oxygen atoms in total. The monoisotopic (exact) mass is 451 g/mol. The predicted molar refractivity (Wildman–Crippen MR) is 132 cm³/mol. The van der Waals surface area contributed by atoms with Crippen molar-refractivity contribution < 1.29 is 4.52 Å². The van der Waals surface area contributed by atoms with E-state index in [0.717, 1.165) is 66.2 Å². The molecule has 4 aromatic rings. The van der Waals surface area contributed by atoms with Gasteiger partial charge in [0.15, 0.2) is 5.82 Å². The minimum atomic E-state index is -0.0689. The molecule has 0 radical (unpaired) electrons. The number of nitrogens with zero attached hydrogens (tertiary/aromatic N) is 5. The largest absolute Gasteiger partial charge is 0.361 e. The maximum Gasteiger partial charge on any atom is 0.162 e. The molecule has 0 unspecified atom stereocenters. The second-order valence-corrected chi connectivity index (χ2v) is 10.5. The van der Waals surface area contributed by atoms with Gasteiger partial charge in [-0.2, -0.15) is 0 Å². The Kier molecular flexibility index (Phi) is 4.36. The molecule has 6 heteroatoms. The van der Waals surface area contributed by atoms with Crippen molar-refractivity contribution >= 4 is 16.7 Å². The van der Waals surface area contributed by atoms with E-state index in [1.54, 1.807) is 0 Å². The smallest absolute Gasteiger partial charge is 0.162 e. The number of anilines is 1. The van der Waals surface area contributed by atoms with Crippen LogP contribution in [-0.2, 0) is 18.3 Å². The lowest BCUT2D eigenvalue weighted by atomic mass is 9.56. The molecule has 2 aliphatic carbocycles. The van der Waals surface area contributed by atoms with Crippen molar-refractivity contribution in [3.05, 3.63) is 65.3 Å². The summed E-state index contributed by atoms with van der Waals surface area (Å²) in [5, 5.41) is 5.26. The first-order chi connectivity index (χ1) is 16.6. The van der Waals surface area contributed by atoms with Crippen LogP contribution in [0.5, 0.6) is 0 Å². The summed E-state index contributed by atoms with van der Waals surface area (Å²) in [5.74, 6) is 3.86. The molecular weight excluding hydrogens is 422 g/mol. The van der Waals surface area contributed by atoms with E-state index in [1.165, 1.54) is 29.7 Å². The van der Waals surface area contributed by atoms with E-state index in [0.29, 0.717) is 11.8 Å². The van der Waals surface area contributed by atoms with Gasteiger partial charge in [-0.3, -0.25) is 4.98 Å². The van der Waals surface area contributed by atoms with Crippen LogP contribution in [0.3, 0.4) is 0 Å². The van der Waals surface area contributed by atoms with E-state index in [4.69, 9.17) is 14.5 Å². The van der Waals surface area contributed by atoms with Gasteiger partial charge in [0.2, 0.25) is 0 Å². The molecule has 7 rings (SSSR count). The SMILES string of the molecule is C[C@H]1c2oncc2C[C@@]2(C)c3nc(-c4ccnc5ccccc45)nc(N4CCCC4)c3CC[C@H]12. The highest BCUT2D eigenvalue weighted by Crippen LogP contribution is 2.54. The summed E-state index contributed by atoms with van der Waals surface area (Å²) < 4.78 is 5.70. The van der Waals surface area contributed by atoms with Crippen molar-refractivity contribution in [1.29, 1.82) is 0 Å².